The molecule has 3 saturated heterocycles. The number of amides is 6. The van der Waals surface area contributed by atoms with Crippen LogP contribution >= 0.6 is 0 Å². The zero-order valence-corrected chi connectivity index (χ0v) is 33.0. The van der Waals surface area contributed by atoms with Crippen molar-refractivity contribution in [2.45, 2.75) is 69.5 Å². The number of alkyl halides is 2. The third kappa shape index (κ3) is 7.21. The second-order valence-corrected chi connectivity index (χ2v) is 15.8. The van der Waals surface area contributed by atoms with Gasteiger partial charge >= 0.3 is 5.92 Å². The molecule has 0 bridgehead atoms. The van der Waals surface area contributed by atoms with Crippen LogP contribution in [0.2, 0.25) is 0 Å². The molecule has 0 radical (unpaired) electrons. The molecular formula is C40H44F2N10O7. The molecule has 3 aromatic rings. The number of hydrazine groups is 1. The van der Waals surface area contributed by atoms with Crippen LogP contribution in [0.15, 0.2) is 42.6 Å². The summed E-state index contributed by atoms with van der Waals surface area (Å²) >= 11 is 0. The molecule has 3 fully saturated rings. The molecule has 8 rings (SSSR count). The van der Waals surface area contributed by atoms with Crippen molar-refractivity contribution in [1.29, 1.82) is 0 Å². The fraction of sp³-hybridized carbons (Fsp3) is 0.450. The Morgan fingerprint density at radius 1 is 1.02 bits per heavy atom. The number of nitrogens with one attached hydrogen (secondary N) is 3. The Hall–Kier alpha value is -6.08. The fourth-order valence-corrected chi connectivity index (χ4v) is 8.51. The first-order chi connectivity index (χ1) is 28.1. The molecule has 0 aliphatic carbocycles. The number of rotatable bonds is 9. The van der Waals surface area contributed by atoms with Gasteiger partial charge in [0.25, 0.3) is 23.6 Å². The van der Waals surface area contributed by atoms with Gasteiger partial charge in [0, 0.05) is 44.2 Å². The highest BCUT2D eigenvalue weighted by atomic mass is 19.3. The number of likely N-dealkylation sites (tertiary alicyclic amines) is 1. The molecule has 310 valence electrons. The van der Waals surface area contributed by atoms with E-state index in [1.807, 2.05) is 11.1 Å². The van der Waals surface area contributed by atoms with Crippen LogP contribution in [0.25, 0.3) is 0 Å². The number of methoxy groups -OCH3 is 1. The minimum absolute atomic E-state index is 0.0430. The number of aromatic nitrogens is 2. The predicted molar refractivity (Wildman–Crippen MR) is 209 cm³/mol. The summed E-state index contributed by atoms with van der Waals surface area (Å²) in [7, 11) is 2.71. The maximum Gasteiger partial charge on any atom is 0.342 e. The summed E-state index contributed by atoms with van der Waals surface area (Å²) in [5.41, 5.74) is 5.30. The summed E-state index contributed by atoms with van der Waals surface area (Å²) in [6.45, 7) is 5.37. The van der Waals surface area contributed by atoms with Crippen LogP contribution in [0.5, 0.6) is 5.75 Å². The number of ether oxygens (including phenoxy) is 1. The molecule has 5 aliphatic heterocycles. The Bertz CT molecular complexity index is 2260. The lowest BCUT2D eigenvalue weighted by molar-refractivity contribution is -0.140. The number of hydrogen-bond acceptors (Lipinski definition) is 13. The molecule has 1 aromatic heterocycles. The zero-order valence-electron chi connectivity index (χ0n) is 33.0. The summed E-state index contributed by atoms with van der Waals surface area (Å²) in [5, 5.41) is 7.12. The van der Waals surface area contributed by atoms with Gasteiger partial charge in [-0.3, -0.25) is 49.3 Å². The monoisotopic (exact) mass is 814 g/mol. The van der Waals surface area contributed by atoms with Gasteiger partial charge in [-0.15, -0.1) is 0 Å². The van der Waals surface area contributed by atoms with Crippen LogP contribution in [0.4, 0.5) is 31.9 Å². The van der Waals surface area contributed by atoms with Gasteiger partial charge in [-0.05, 0) is 81.9 Å². The van der Waals surface area contributed by atoms with E-state index in [2.05, 4.69) is 30.9 Å². The highest BCUT2D eigenvalue weighted by Gasteiger charge is 2.49. The van der Waals surface area contributed by atoms with Crippen molar-refractivity contribution < 1.29 is 42.3 Å². The first-order valence-electron chi connectivity index (χ1n) is 19.5. The highest BCUT2D eigenvalue weighted by Crippen LogP contribution is 2.39. The molecule has 19 heteroatoms. The van der Waals surface area contributed by atoms with E-state index in [4.69, 9.17) is 4.74 Å². The second kappa shape index (κ2) is 15.3. The van der Waals surface area contributed by atoms with Crippen LogP contribution in [0, 0.1) is 0 Å². The summed E-state index contributed by atoms with van der Waals surface area (Å²) in [4.78, 5) is 91.4. The standard InChI is InChI=1S/C40H44F2N10O7/c1-21(2)51-20-40(41,42)38(58)48(3)29-17-43-39(46-33(29)51)44-27-9-8-23(16-30(27)59-4)34(54)47-50-18-24(19-50)49-14-12-22(13-15-49)25-6-5-7-26-32(25)37(57)52(36(26)56)28-10-11-31(53)45-35(28)55/h5-9,16-17,21-22,24,28H,10-15,18-20H2,1-4H3,(H,47,54)(H,43,44,46)(H,45,53,55). The van der Waals surface area contributed by atoms with E-state index in [1.54, 1.807) is 44.2 Å². The number of piperidine rings is 2. The smallest absolute Gasteiger partial charge is 0.342 e. The zero-order chi connectivity index (χ0) is 41.9. The number of nitrogens with zero attached hydrogens (tertiary/aromatic N) is 7. The van der Waals surface area contributed by atoms with Gasteiger partial charge in [0.2, 0.25) is 17.8 Å². The molecule has 2 aromatic carbocycles. The summed E-state index contributed by atoms with van der Waals surface area (Å²) in [6, 6.07) is 8.89. The van der Waals surface area contributed by atoms with Crippen molar-refractivity contribution in [2.75, 3.05) is 62.0 Å². The average molecular weight is 815 g/mol. The number of carbonyl (C=O) groups is 6. The molecule has 17 nitrogen and oxygen atoms in total. The van der Waals surface area contributed by atoms with E-state index in [0.717, 1.165) is 41.3 Å². The topological polar surface area (TPSA) is 190 Å². The maximum absolute atomic E-state index is 14.7. The van der Waals surface area contributed by atoms with E-state index in [1.165, 1.54) is 25.3 Å². The Morgan fingerprint density at radius 2 is 1.76 bits per heavy atom. The van der Waals surface area contributed by atoms with Crippen molar-refractivity contribution in [3.63, 3.8) is 0 Å². The fourth-order valence-electron chi connectivity index (χ4n) is 8.51. The van der Waals surface area contributed by atoms with Gasteiger partial charge in [-0.2, -0.15) is 13.8 Å². The lowest BCUT2D eigenvalue weighted by atomic mass is 9.84. The summed E-state index contributed by atoms with van der Waals surface area (Å²) < 4.78 is 35.1. The van der Waals surface area contributed by atoms with Gasteiger partial charge < -0.3 is 19.9 Å². The normalized spacial score (nSPS) is 21.6. The maximum atomic E-state index is 14.7. The van der Waals surface area contributed by atoms with E-state index in [-0.39, 0.29) is 53.7 Å². The lowest BCUT2D eigenvalue weighted by Gasteiger charge is -2.47. The van der Waals surface area contributed by atoms with Crippen molar-refractivity contribution in [3.05, 3.63) is 64.8 Å². The van der Waals surface area contributed by atoms with Crippen molar-refractivity contribution in [3.8, 4) is 5.75 Å². The molecule has 5 aliphatic rings. The molecule has 6 heterocycles. The van der Waals surface area contributed by atoms with E-state index < -0.39 is 54.1 Å². The van der Waals surface area contributed by atoms with Gasteiger partial charge in [0.05, 0.1) is 36.7 Å². The number of fused-ring (bicyclic) bond motifs is 2. The minimum atomic E-state index is -3.62. The first kappa shape index (κ1) is 39.7. The van der Waals surface area contributed by atoms with Gasteiger partial charge in [-0.25, -0.2) is 9.99 Å². The second-order valence-electron chi connectivity index (χ2n) is 15.8. The third-order valence-corrected chi connectivity index (χ3v) is 11.8. The number of imide groups is 2. The van der Waals surface area contributed by atoms with Gasteiger partial charge in [-0.1, -0.05) is 12.1 Å². The molecule has 1 atom stereocenters. The third-order valence-electron chi connectivity index (χ3n) is 11.8. The lowest BCUT2D eigenvalue weighted by Crippen LogP contribution is -2.65. The SMILES string of the molecule is COc1cc(C(=O)NN2CC(N3CCC(c4cccc5c4C(=O)N(C4CCC(=O)NC4=O)C5=O)CC3)C2)ccc1Nc1ncc2c(n1)N(C(C)C)CC(F)(F)C(=O)N2C. The van der Waals surface area contributed by atoms with E-state index in [9.17, 15) is 37.5 Å². The summed E-state index contributed by atoms with van der Waals surface area (Å²) in [6.07, 6.45) is 3.00. The number of anilines is 4. The average Bonchev–Trinajstić information content (AvgIpc) is 3.42. The molecule has 59 heavy (non-hydrogen) atoms. The molecular weight excluding hydrogens is 770 g/mol. The Labute approximate surface area is 338 Å². The quantitative estimate of drug-likeness (QED) is 0.268. The van der Waals surface area contributed by atoms with E-state index >= 15 is 0 Å². The van der Waals surface area contributed by atoms with Crippen molar-refractivity contribution in [1.82, 2.24) is 35.5 Å². The number of halogens is 2. The molecule has 0 spiro atoms. The van der Waals surface area contributed by atoms with Crippen LogP contribution < -0.4 is 30.6 Å². The summed E-state index contributed by atoms with van der Waals surface area (Å²) in [5.74, 6) is -6.74. The highest BCUT2D eigenvalue weighted by molar-refractivity contribution is 6.24. The van der Waals surface area contributed by atoms with Crippen LogP contribution in [-0.4, -0.2) is 131 Å². The largest absolute Gasteiger partial charge is 0.495 e. The van der Waals surface area contributed by atoms with Gasteiger partial charge in [0.1, 0.15) is 17.5 Å². The Kier molecular flexibility index (Phi) is 10.3. The van der Waals surface area contributed by atoms with Crippen molar-refractivity contribution in [2.24, 2.45) is 0 Å². The Morgan fingerprint density at radius 3 is 2.46 bits per heavy atom. The van der Waals surface area contributed by atoms with Gasteiger partial charge in [0.15, 0.2) is 5.82 Å². The Balaban J connectivity index is 0.859. The minimum Gasteiger partial charge on any atom is -0.495 e. The van der Waals surface area contributed by atoms with Crippen molar-refractivity contribution >= 4 is 58.6 Å². The first-order valence-corrected chi connectivity index (χ1v) is 19.5. The van der Waals surface area contributed by atoms with Crippen LogP contribution in [0.3, 0.4) is 0 Å². The molecule has 1 unspecified atom stereocenters. The number of hydrogen-bond donors (Lipinski definition) is 3. The predicted octanol–water partition coefficient (Wildman–Crippen LogP) is 2.67. The van der Waals surface area contributed by atoms with Crippen LogP contribution in [0.1, 0.15) is 82.1 Å². The molecule has 6 amide bonds. The molecule has 3 N–H and O–H groups in total. The number of carbonyl (C=O) groups excluding carboxylic acids is 6. The van der Waals surface area contributed by atoms with Crippen LogP contribution in [-0.2, 0) is 14.4 Å². The molecule has 0 saturated carbocycles. The van der Waals surface area contributed by atoms with E-state index in [0.29, 0.717) is 35.7 Å². The number of benzene rings is 2.